The van der Waals surface area contributed by atoms with Crippen LogP contribution in [0.4, 0.5) is 0 Å². The number of ether oxygens (including phenoxy) is 1. The highest BCUT2D eigenvalue weighted by Gasteiger charge is 2.27. The number of H-pyrrole nitrogens is 1. The molecular weight excluding hydrogens is 328 g/mol. The molecule has 1 heterocycles. The zero-order valence-electron chi connectivity index (χ0n) is 14.9. The highest BCUT2D eigenvalue weighted by molar-refractivity contribution is 5.74. The summed E-state index contributed by atoms with van der Waals surface area (Å²) >= 11 is 0. The van der Waals surface area contributed by atoms with E-state index in [1.165, 1.54) is 0 Å². The van der Waals surface area contributed by atoms with Gasteiger partial charge in [0.15, 0.2) is 0 Å². The second-order valence-corrected chi connectivity index (χ2v) is 6.97. The van der Waals surface area contributed by atoms with Crippen molar-refractivity contribution >= 4 is 5.97 Å². The SMILES string of the molecule is CC(C)(Cc1ccc(COc2ccc(-c3ccn[nH]3)cc2)cc1)C(=O)O. The average molecular weight is 350 g/mol. The fourth-order valence-corrected chi connectivity index (χ4v) is 2.65. The van der Waals surface area contributed by atoms with Crippen molar-refractivity contribution in [3.05, 3.63) is 71.9 Å². The summed E-state index contributed by atoms with van der Waals surface area (Å²) in [4.78, 5) is 11.2. The topological polar surface area (TPSA) is 75.2 Å². The van der Waals surface area contributed by atoms with Crippen LogP contribution in [0.1, 0.15) is 25.0 Å². The largest absolute Gasteiger partial charge is 0.489 e. The standard InChI is InChI=1S/C21H22N2O3/c1-21(2,20(24)25)13-15-3-5-16(6-4-15)14-26-18-9-7-17(8-10-18)19-11-12-22-23-19/h3-12H,13-14H2,1-2H3,(H,22,23)(H,24,25). The van der Waals surface area contributed by atoms with Crippen molar-refractivity contribution in [3.8, 4) is 17.0 Å². The number of nitrogens with zero attached hydrogens (tertiary/aromatic N) is 1. The third kappa shape index (κ3) is 4.30. The molecule has 5 nitrogen and oxygen atoms in total. The van der Waals surface area contributed by atoms with E-state index in [0.717, 1.165) is 28.1 Å². The molecule has 0 aliphatic heterocycles. The van der Waals surface area contributed by atoms with Gasteiger partial charge in [0.2, 0.25) is 0 Å². The summed E-state index contributed by atoms with van der Waals surface area (Å²) in [6.45, 7) is 3.94. The molecule has 0 aliphatic rings. The molecule has 3 rings (SSSR count). The van der Waals surface area contributed by atoms with E-state index in [1.54, 1.807) is 20.0 Å². The maximum atomic E-state index is 11.2. The number of hydrogen-bond acceptors (Lipinski definition) is 3. The molecule has 0 unspecified atom stereocenters. The van der Waals surface area contributed by atoms with Crippen molar-refractivity contribution < 1.29 is 14.6 Å². The number of aromatic nitrogens is 2. The zero-order valence-corrected chi connectivity index (χ0v) is 14.9. The smallest absolute Gasteiger partial charge is 0.309 e. The van der Waals surface area contributed by atoms with Crippen LogP contribution in [-0.4, -0.2) is 21.3 Å². The van der Waals surface area contributed by atoms with Crippen molar-refractivity contribution in [1.82, 2.24) is 10.2 Å². The van der Waals surface area contributed by atoms with Gasteiger partial charge in [-0.15, -0.1) is 0 Å². The summed E-state index contributed by atoms with van der Waals surface area (Å²) in [6.07, 6.45) is 2.22. The van der Waals surface area contributed by atoms with Crippen LogP contribution in [0.25, 0.3) is 11.3 Å². The molecule has 0 saturated heterocycles. The predicted molar refractivity (Wildman–Crippen MR) is 99.9 cm³/mol. The van der Waals surface area contributed by atoms with Crippen molar-refractivity contribution in [2.24, 2.45) is 5.41 Å². The number of rotatable bonds is 7. The quantitative estimate of drug-likeness (QED) is 0.666. The molecule has 0 fully saturated rings. The number of hydrogen-bond donors (Lipinski definition) is 2. The summed E-state index contributed by atoms with van der Waals surface area (Å²) in [6, 6.07) is 17.6. The lowest BCUT2D eigenvalue weighted by molar-refractivity contribution is -0.146. The van der Waals surface area contributed by atoms with Gasteiger partial charge >= 0.3 is 5.97 Å². The second kappa shape index (κ2) is 7.44. The van der Waals surface area contributed by atoms with Gasteiger partial charge in [-0.1, -0.05) is 24.3 Å². The van der Waals surface area contributed by atoms with E-state index in [4.69, 9.17) is 4.74 Å². The number of nitrogens with one attached hydrogen (secondary N) is 1. The van der Waals surface area contributed by atoms with Crippen LogP contribution in [0, 0.1) is 5.41 Å². The Hall–Kier alpha value is -3.08. The Morgan fingerprint density at radius 3 is 2.27 bits per heavy atom. The van der Waals surface area contributed by atoms with Gasteiger partial charge in [-0.05, 0) is 67.3 Å². The Morgan fingerprint density at radius 2 is 1.69 bits per heavy atom. The van der Waals surface area contributed by atoms with E-state index in [9.17, 15) is 9.90 Å². The van der Waals surface area contributed by atoms with Gasteiger partial charge in [-0.3, -0.25) is 9.89 Å². The monoisotopic (exact) mass is 350 g/mol. The van der Waals surface area contributed by atoms with E-state index in [-0.39, 0.29) is 0 Å². The number of benzene rings is 2. The molecule has 0 aliphatic carbocycles. The minimum absolute atomic E-state index is 0.464. The van der Waals surface area contributed by atoms with E-state index in [1.807, 2.05) is 54.6 Å². The first-order valence-corrected chi connectivity index (χ1v) is 8.48. The summed E-state index contributed by atoms with van der Waals surface area (Å²) < 4.78 is 5.82. The predicted octanol–water partition coefficient (Wildman–Crippen LogP) is 4.31. The molecular formula is C21H22N2O3. The molecule has 0 saturated carbocycles. The van der Waals surface area contributed by atoms with Gasteiger partial charge in [0.25, 0.3) is 0 Å². The Balaban J connectivity index is 1.57. The Labute approximate surface area is 152 Å². The number of aromatic amines is 1. The molecule has 0 amide bonds. The van der Waals surface area contributed by atoms with Crippen LogP contribution in [-0.2, 0) is 17.8 Å². The lowest BCUT2D eigenvalue weighted by atomic mass is 9.86. The first-order chi connectivity index (χ1) is 12.4. The van der Waals surface area contributed by atoms with Crippen molar-refractivity contribution in [1.29, 1.82) is 0 Å². The molecule has 5 heteroatoms. The van der Waals surface area contributed by atoms with Gasteiger partial charge in [0, 0.05) is 6.20 Å². The maximum Gasteiger partial charge on any atom is 0.309 e. The summed E-state index contributed by atoms with van der Waals surface area (Å²) in [5.74, 6) is 0.00726. The molecule has 134 valence electrons. The van der Waals surface area contributed by atoms with Crippen LogP contribution < -0.4 is 4.74 Å². The second-order valence-electron chi connectivity index (χ2n) is 6.97. The lowest BCUT2D eigenvalue weighted by Crippen LogP contribution is -2.26. The van der Waals surface area contributed by atoms with Crippen LogP contribution in [0.15, 0.2) is 60.8 Å². The van der Waals surface area contributed by atoms with Crippen LogP contribution in [0.5, 0.6) is 5.75 Å². The molecule has 26 heavy (non-hydrogen) atoms. The molecule has 1 aromatic heterocycles. The van der Waals surface area contributed by atoms with Gasteiger partial charge < -0.3 is 9.84 Å². The number of aliphatic carboxylic acids is 1. The average Bonchev–Trinajstić information content (AvgIpc) is 3.16. The molecule has 0 bridgehead atoms. The molecule has 2 aromatic carbocycles. The summed E-state index contributed by atoms with van der Waals surface area (Å²) in [5.41, 5.74) is 3.30. The highest BCUT2D eigenvalue weighted by Crippen LogP contribution is 2.23. The fourth-order valence-electron chi connectivity index (χ4n) is 2.65. The number of carboxylic acids is 1. The highest BCUT2D eigenvalue weighted by atomic mass is 16.5. The summed E-state index contributed by atoms with van der Waals surface area (Å²) in [5, 5.41) is 16.1. The third-order valence-corrected chi connectivity index (χ3v) is 4.32. The summed E-state index contributed by atoms with van der Waals surface area (Å²) in [7, 11) is 0. The van der Waals surface area contributed by atoms with E-state index < -0.39 is 11.4 Å². The number of carbonyl (C=O) groups is 1. The van der Waals surface area contributed by atoms with Crippen molar-refractivity contribution in [2.45, 2.75) is 26.9 Å². The van der Waals surface area contributed by atoms with Crippen molar-refractivity contribution in [2.75, 3.05) is 0 Å². The first-order valence-electron chi connectivity index (χ1n) is 8.48. The molecule has 3 aromatic rings. The van der Waals surface area contributed by atoms with E-state index in [2.05, 4.69) is 10.2 Å². The first kappa shape index (κ1) is 17.7. The Morgan fingerprint density at radius 1 is 1.04 bits per heavy atom. The lowest BCUT2D eigenvalue weighted by Gasteiger charge is -2.19. The minimum atomic E-state index is -0.788. The van der Waals surface area contributed by atoms with Gasteiger partial charge in [-0.2, -0.15) is 5.10 Å². The van der Waals surface area contributed by atoms with E-state index >= 15 is 0 Å². The molecule has 0 spiro atoms. The Bertz CT molecular complexity index is 851. The third-order valence-electron chi connectivity index (χ3n) is 4.32. The van der Waals surface area contributed by atoms with Gasteiger partial charge in [-0.25, -0.2) is 0 Å². The van der Waals surface area contributed by atoms with Crippen LogP contribution >= 0.6 is 0 Å². The normalized spacial score (nSPS) is 11.3. The van der Waals surface area contributed by atoms with Crippen molar-refractivity contribution in [3.63, 3.8) is 0 Å². The molecule has 0 radical (unpaired) electrons. The minimum Gasteiger partial charge on any atom is -0.489 e. The van der Waals surface area contributed by atoms with Gasteiger partial charge in [0.05, 0.1) is 11.1 Å². The van der Waals surface area contributed by atoms with Gasteiger partial charge in [0.1, 0.15) is 12.4 Å². The van der Waals surface area contributed by atoms with Crippen LogP contribution in [0.2, 0.25) is 0 Å². The maximum absolute atomic E-state index is 11.2. The molecule has 0 atom stereocenters. The number of carboxylic acid groups (broad SMARTS) is 1. The van der Waals surface area contributed by atoms with Crippen LogP contribution in [0.3, 0.4) is 0 Å². The molecule has 2 N–H and O–H groups in total. The Kier molecular flexibility index (Phi) is 5.07. The zero-order chi connectivity index (χ0) is 18.6. The van der Waals surface area contributed by atoms with E-state index in [0.29, 0.717) is 13.0 Å². The fraction of sp³-hybridized carbons (Fsp3) is 0.238.